The number of nitrogens with one attached hydrogen (secondary N) is 1. The van der Waals surface area contributed by atoms with Gasteiger partial charge in [-0.3, -0.25) is 4.79 Å². The first-order valence-electron chi connectivity index (χ1n) is 9.67. The van der Waals surface area contributed by atoms with Crippen LogP contribution in [0.15, 0.2) is 30.3 Å². The zero-order valence-corrected chi connectivity index (χ0v) is 16.9. The Morgan fingerprint density at radius 1 is 1.21 bits per heavy atom. The van der Waals surface area contributed by atoms with Gasteiger partial charge >= 0.3 is 6.09 Å². The van der Waals surface area contributed by atoms with Crippen LogP contribution in [-0.4, -0.2) is 48.1 Å². The maximum Gasteiger partial charge on any atom is 0.421 e. The third-order valence-corrected chi connectivity index (χ3v) is 5.06. The molecule has 0 bridgehead atoms. The maximum absolute atomic E-state index is 13.1. The van der Waals surface area contributed by atoms with E-state index in [1.165, 1.54) is 0 Å². The van der Waals surface area contributed by atoms with Crippen LogP contribution in [0.3, 0.4) is 0 Å². The number of hydrogen-bond acceptors (Lipinski definition) is 4. The van der Waals surface area contributed by atoms with Gasteiger partial charge in [-0.1, -0.05) is 32.0 Å². The summed E-state index contributed by atoms with van der Waals surface area (Å²) in [7, 11) is 0. The molecule has 1 aromatic heterocycles. The molecule has 0 fully saturated rings. The number of aryl methyl sites for hydroxylation is 2. The van der Waals surface area contributed by atoms with E-state index in [0.717, 1.165) is 40.5 Å². The summed E-state index contributed by atoms with van der Waals surface area (Å²) in [5, 5.41) is 0. The van der Waals surface area contributed by atoms with E-state index >= 15 is 0 Å². The lowest BCUT2D eigenvalue weighted by Crippen LogP contribution is -2.36. The van der Waals surface area contributed by atoms with Crippen LogP contribution >= 0.6 is 0 Å². The normalized spacial score (nSPS) is 14.8. The molecule has 2 heterocycles. The molecule has 0 saturated heterocycles. The number of anilines is 1. The van der Waals surface area contributed by atoms with E-state index in [2.05, 4.69) is 23.7 Å². The van der Waals surface area contributed by atoms with E-state index in [1.54, 1.807) is 6.07 Å². The first-order valence-corrected chi connectivity index (χ1v) is 9.67. The van der Waals surface area contributed by atoms with Gasteiger partial charge < -0.3 is 14.6 Å². The van der Waals surface area contributed by atoms with Crippen LogP contribution < -0.4 is 4.90 Å². The van der Waals surface area contributed by atoms with Crippen molar-refractivity contribution in [3.05, 3.63) is 52.8 Å². The van der Waals surface area contributed by atoms with Gasteiger partial charge in [0.15, 0.2) is 0 Å². The van der Waals surface area contributed by atoms with Crippen LogP contribution in [0.2, 0.25) is 0 Å². The lowest BCUT2D eigenvalue weighted by atomic mass is 10.1. The molecule has 28 heavy (non-hydrogen) atoms. The molecule has 3 rings (SSSR count). The van der Waals surface area contributed by atoms with Crippen molar-refractivity contribution in [1.82, 2.24) is 9.88 Å². The molecule has 148 valence electrons. The summed E-state index contributed by atoms with van der Waals surface area (Å²) in [6, 6.07) is 9.33. The summed E-state index contributed by atoms with van der Waals surface area (Å²) >= 11 is 0. The average molecular weight is 381 g/mol. The first kappa shape index (κ1) is 19.9. The molecule has 2 amide bonds. The van der Waals surface area contributed by atoms with Gasteiger partial charge in [-0.15, -0.1) is 0 Å². The second kappa shape index (κ2) is 8.44. The summed E-state index contributed by atoms with van der Waals surface area (Å²) in [5.41, 5.74) is 4.73. The molecular weight excluding hydrogens is 354 g/mol. The number of aromatic nitrogens is 1. The number of benzene rings is 1. The SMILES string of the molecule is CCN(CC)CCOC(=O)N1C(=O)C(=Cc2[nH]c(C)cc2C)c2ccccc21. The third-order valence-electron chi connectivity index (χ3n) is 5.06. The number of amides is 2. The molecule has 0 unspecified atom stereocenters. The van der Waals surface area contributed by atoms with Crippen molar-refractivity contribution in [1.29, 1.82) is 0 Å². The summed E-state index contributed by atoms with van der Waals surface area (Å²) in [6.45, 7) is 10.8. The van der Waals surface area contributed by atoms with E-state index in [0.29, 0.717) is 17.8 Å². The van der Waals surface area contributed by atoms with Crippen LogP contribution in [0.5, 0.6) is 0 Å². The second-order valence-electron chi connectivity index (χ2n) is 6.91. The molecule has 6 nitrogen and oxygen atoms in total. The molecule has 0 atom stereocenters. The monoisotopic (exact) mass is 381 g/mol. The highest BCUT2D eigenvalue weighted by Gasteiger charge is 2.37. The Hall–Kier alpha value is -2.86. The lowest BCUT2D eigenvalue weighted by molar-refractivity contribution is -0.112. The second-order valence-corrected chi connectivity index (χ2v) is 6.91. The number of nitrogens with zero attached hydrogens (tertiary/aromatic N) is 2. The molecular formula is C22H27N3O3. The maximum atomic E-state index is 13.1. The number of fused-ring (bicyclic) bond motifs is 1. The summed E-state index contributed by atoms with van der Waals surface area (Å²) < 4.78 is 5.40. The van der Waals surface area contributed by atoms with Gasteiger partial charge in [0.1, 0.15) is 6.61 Å². The number of rotatable bonds is 6. The number of H-pyrrole nitrogens is 1. The highest BCUT2D eigenvalue weighted by atomic mass is 16.6. The van der Waals surface area contributed by atoms with Gasteiger partial charge in [0.05, 0.1) is 11.3 Å². The van der Waals surface area contributed by atoms with Gasteiger partial charge in [0.25, 0.3) is 5.91 Å². The third kappa shape index (κ3) is 3.87. The summed E-state index contributed by atoms with van der Waals surface area (Å²) in [5.74, 6) is -0.360. The number of likely N-dealkylation sites (N-methyl/N-ethyl adjacent to an activating group) is 1. The minimum absolute atomic E-state index is 0.250. The fourth-order valence-electron chi connectivity index (χ4n) is 3.47. The highest BCUT2D eigenvalue weighted by molar-refractivity contribution is 6.41. The number of carbonyl (C=O) groups is 2. The van der Waals surface area contributed by atoms with Crippen LogP contribution in [0.1, 0.15) is 36.4 Å². The smallest absolute Gasteiger partial charge is 0.421 e. The van der Waals surface area contributed by atoms with E-state index in [-0.39, 0.29) is 12.5 Å². The van der Waals surface area contributed by atoms with Crippen molar-refractivity contribution < 1.29 is 14.3 Å². The van der Waals surface area contributed by atoms with E-state index in [4.69, 9.17) is 4.74 Å². The topological polar surface area (TPSA) is 65.6 Å². The molecule has 0 radical (unpaired) electrons. The predicted octanol–water partition coefficient (Wildman–Crippen LogP) is 4.00. The predicted molar refractivity (Wildman–Crippen MR) is 111 cm³/mol. The number of aromatic amines is 1. The molecule has 0 aliphatic carbocycles. The van der Waals surface area contributed by atoms with E-state index in [1.807, 2.05) is 44.2 Å². The lowest BCUT2D eigenvalue weighted by Gasteiger charge is -2.19. The standard InChI is InChI=1S/C22H27N3O3/c1-5-24(6-2)11-12-28-22(27)25-20-10-8-7-9-17(20)18(21(25)26)14-19-15(3)13-16(4)23-19/h7-10,13-14,23H,5-6,11-12H2,1-4H3. The molecule has 1 aromatic carbocycles. The van der Waals surface area contributed by atoms with Gasteiger partial charge in [-0.2, -0.15) is 0 Å². The van der Waals surface area contributed by atoms with Gasteiger partial charge in [-0.25, -0.2) is 9.69 Å². The number of carbonyl (C=O) groups excluding carboxylic acids is 2. The van der Waals surface area contributed by atoms with Crippen molar-refractivity contribution in [3.63, 3.8) is 0 Å². The minimum atomic E-state index is -0.632. The van der Waals surface area contributed by atoms with E-state index in [9.17, 15) is 9.59 Å². The Bertz CT molecular complexity index is 910. The number of para-hydroxylation sites is 1. The zero-order chi connectivity index (χ0) is 20.3. The van der Waals surface area contributed by atoms with Crippen molar-refractivity contribution in [2.45, 2.75) is 27.7 Å². The molecule has 0 saturated carbocycles. The molecule has 1 aliphatic heterocycles. The molecule has 1 aliphatic rings. The Balaban J connectivity index is 1.85. The largest absolute Gasteiger partial charge is 0.447 e. The van der Waals surface area contributed by atoms with Gasteiger partial charge in [0, 0.05) is 23.5 Å². The Morgan fingerprint density at radius 3 is 2.57 bits per heavy atom. The summed E-state index contributed by atoms with van der Waals surface area (Å²) in [6.07, 6.45) is 1.18. The number of hydrogen-bond donors (Lipinski definition) is 1. The highest BCUT2D eigenvalue weighted by Crippen LogP contribution is 2.38. The molecule has 6 heteroatoms. The minimum Gasteiger partial charge on any atom is -0.447 e. The van der Waals surface area contributed by atoms with Crippen LogP contribution in [-0.2, 0) is 9.53 Å². The van der Waals surface area contributed by atoms with Crippen molar-refractivity contribution >= 4 is 29.3 Å². The average Bonchev–Trinajstić information content (AvgIpc) is 3.15. The fourth-order valence-corrected chi connectivity index (χ4v) is 3.47. The zero-order valence-electron chi connectivity index (χ0n) is 16.9. The van der Waals surface area contributed by atoms with Crippen LogP contribution in [0.4, 0.5) is 10.5 Å². The van der Waals surface area contributed by atoms with Gasteiger partial charge in [-0.05, 0) is 50.7 Å². The Kier molecular flexibility index (Phi) is 5.99. The van der Waals surface area contributed by atoms with E-state index < -0.39 is 6.09 Å². The van der Waals surface area contributed by atoms with Crippen LogP contribution in [0, 0.1) is 13.8 Å². The molecule has 1 N–H and O–H groups in total. The molecule has 0 spiro atoms. The molecule has 2 aromatic rings. The van der Waals surface area contributed by atoms with Crippen molar-refractivity contribution in [2.24, 2.45) is 0 Å². The number of ether oxygens (including phenoxy) is 1. The Labute approximate surface area is 165 Å². The fraction of sp³-hybridized carbons (Fsp3) is 0.364. The van der Waals surface area contributed by atoms with Crippen LogP contribution in [0.25, 0.3) is 11.6 Å². The van der Waals surface area contributed by atoms with Crippen molar-refractivity contribution in [2.75, 3.05) is 31.1 Å². The first-order chi connectivity index (χ1) is 13.5. The Morgan fingerprint density at radius 2 is 1.93 bits per heavy atom. The van der Waals surface area contributed by atoms with Crippen molar-refractivity contribution in [3.8, 4) is 0 Å². The number of imide groups is 1. The quantitative estimate of drug-likeness (QED) is 0.768. The van der Waals surface area contributed by atoms with Gasteiger partial charge in [0.2, 0.25) is 0 Å². The summed E-state index contributed by atoms with van der Waals surface area (Å²) in [4.78, 5) is 32.3.